The van der Waals surface area contributed by atoms with Crippen molar-refractivity contribution in [3.05, 3.63) is 53.7 Å². The van der Waals surface area contributed by atoms with Gasteiger partial charge in [0.2, 0.25) is 5.95 Å². The van der Waals surface area contributed by atoms with E-state index in [2.05, 4.69) is 45.4 Å². The summed E-state index contributed by atoms with van der Waals surface area (Å²) >= 11 is 0. The van der Waals surface area contributed by atoms with Gasteiger partial charge in [-0.1, -0.05) is 41.6 Å². The van der Waals surface area contributed by atoms with Gasteiger partial charge in [-0.05, 0) is 11.6 Å². The Morgan fingerprint density at radius 1 is 1.16 bits per heavy atom. The van der Waals surface area contributed by atoms with Crippen LogP contribution in [0.3, 0.4) is 0 Å². The molecule has 4 heterocycles. The lowest BCUT2D eigenvalue weighted by Gasteiger charge is -2.19. The number of tetrazole rings is 1. The van der Waals surface area contributed by atoms with Crippen molar-refractivity contribution in [1.82, 2.24) is 40.1 Å². The molecular weight excluding hydrogens is 509 g/mol. The lowest BCUT2D eigenvalue weighted by atomic mass is 10.1. The molecule has 5 rings (SSSR count). The maximum absolute atomic E-state index is 11.1. The maximum atomic E-state index is 11.1. The number of hydrogen-bond acceptors (Lipinski definition) is 12. The molecule has 0 spiro atoms. The summed E-state index contributed by atoms with van der Waals surface area (Å²) in [5.74, 6) is 0.511. The van der Waals surface area contributed by atoms with Crippen LogP contribution in [0.25, 0.3) is 23.3 Å². The van der Waals surface area contributed by atoms with Crippen molar-refractivity contribution in [3.8, 4) is 0 Å². The topological polar surface area (TPSA) is 227 Å². The second-order valence-corrected chi connectivity index (χ2v) is 9.23. The molecular formula is C20H22N9O7P. The first-order valence-corrected chi connectivity index (χ1v) is 12.5. The molecule has 6 N–H and O–H groups in total. The van der Waals surface area contributed by atoms with Crippen LogP contribution in [0.2, 0.25) is 0 Å². The van der Waals surface area contributed by atoms with E-state index in [0.29, 0.717) is 17.0 Å². The summed E-state index contributed by atoms with van der Waals surface area (Å²) < 4.78 is 22.8. The van der Waals surface area contributed by atoms with Gasteiger partial charge in [0, 0.05) is 0 Å². The van der Waals surface area contributed by atoms with E-state index in [1.165, 1.54) is 10.9 Å². The minimum atomic E-state index is -4.83. The SMILES string of the molecule is O=P(O)(O)OC[C@H]1O[C@@H](n2c(NCc3nn[nH]n3)nc3c(/C=C/c4ccccc4)ncnc32)[C@H](O)[C@@H]1O. The van der Waals surface area contributed by atoms with E-state index >= 15 is 0 Å². The van der Waals surface area contributed by atoms with Gasteiger partial charge in [-0.15, -0.1) is 10.2 Å². The Morgan fingerprint density at radius 2 is 1.97 bits per heavy atom. The van der Waals surface area contributed by atoms with Gasteiger partial charge in [0.1, 0.15) is 30.2 Å². The molecule has 4 aromatic rings. The highest BCUT2D eigenvalue weighted by Crippen LogP contribution is 2.39. The Labute approximate surface area is 208 Å². The number of hydrogen-bond donors (Lipinski definition) is 6. The standard InChI is InChI=1S/C20H22N9O7P/c30-16-13(9-35-37(32,33)34)36-19(17(16)31)29-18-15(24-20(29)21-8-14-25-27-28-26-14)12(22-10-23-18)7-6-11-4-2-1-3-5-11/h1-7,10,13,16-17,19,30-31H,8-9H2,(H,21,24)(H2,32,33,34)(H,25,26,27,28)/b7-6+/t13-,16-,17-,19-/m1/s1. The van der Waals surface area contributed by atoms with Crippen molar-refractivity contribution in [2.45, 2.75) is 31.1 Å². The van der Waals surface area contributed by atoms with Gasteiger partial charge in [0.05, 0.1) is 18.8 Å². The molecule has 0 radical (unpaired) electrons. The number of benzene rings is 1. The number of H-pyrrole nitrogens is 1. The molecule has 0 unspecified atom stereocenters. The van der Waals surface area contributed by atoms with Gasteiger partial charge in [-0.2, -0.15) is 5.21 Å². The molecule has 16 nitrogen and oxygen atoms in total. The Kier molecular flexibility index (Phi) is 7.03. The zero-order valence-corrected chi connectivity index (χ0v) is 19.8. The Bertz CT molecular complexity index is 1430. The molecule has 194 valence electrons. The number of rotatable bonds is 9. The predicted molar refractivity (Wildman–Crippen MR) is 126 cm³/mol. The minimum Gasteiger partial charge on any atom is -0.387 e. The highest BCUT2D eigenvalue weighted by Gasteiger charge is 2.46. The van der Waals surface area contributed by atoms with Crippen LogP contribution in [0.5, 0.6) is 0 Å². The third-order valence-electron chi connectivity index (χ3n) is 5.53. The summed E-state index contributed by atoms with van der Waals surface area (Å²) in [4.78, 5) is 31.3. The number of fused-ring (bicyclic) bond motifs is 1. The molecule has 0 aliphatic carbocycles. The number of nitrogens with zero attached hydrogens (tertiary/aromatic N) is 7. The summed E-state index contributed by atoms with van der Waals surface area (Å²) in [6.45, 7) is -0.560. The molecule has 37 heavy (non-hydrogen) atoms. The van der Waals surface area contributed by atoms with Crippen LogP contribution in [0.1, 0.15) is 23.3 Å². The second-order valence-electron chi connectivity index (χ2n) is 7.99. The normalized spacial score (nSPS) is 22.3. The van der Waals surface area contributed by atoms with Crippen LogP contribution in [-0.4, -0.2) is 85.1 Å². The summed E-state index contributed by atoms with van der Waals surface area (Å²) in [5.41, 5.74) is 2.05. The number of aliphatic hydroxyl groups excluding tert-OH is 2. The third kappa shape index (κ3) is 5.55. The van der Waals surface area contributed by atoms with Crippen LogP contribution in [-0.2, 0) is 20.4 Å². The average molecular weight is 531 g/mol. The lowest BCUT2D eigenvalue weighted by Crippen LogP contribution is -2.33. The van der Waals surface area contributed by atoms with E-state index in [0.717, 1.165) is 5.56 Å². The van der Waals surface area contributed by atoms with Gasteiger partial charge in [-0.3, -0.25) is 9.09 Å². The monoisotopic (exact) mass is 531 g/mol. The fourth-order valence-electron chi connectivity index (χ4n) is 3.82. The molecule has 0 bridgehead atoms. The first kappa shape index (κ1) is 25.0. The third-order valence-corrected chi connectivity index (χ3v) is 6.02. The first-order chi connectivity index (χ1) is 17.8. The van der Waals surface area contributed by atoms with Crippen LogP contribution >= 0.6 is 7.82 Å². The molecule has 1 fully saturated rings. The largest absolute Gasteiger partial charge is 0.469 e. The van der Waals surface area contributed by atoms with Gasteiger partial charge < -0.3 is 30.1 Å². The van der Waals surface area contributed by atoms with Gasteiger partial charge >= 0.3 is 7.82 Å². The molecule has 1 aromatic carbocycles. The van der Waals surface area contributed by atoms with Gasteiger partial charge in [0.15, 0.2) is 17.7 Å². The quantitative estimate of drug-likeness (QED) is 0.154. The first-order valence-electron chi connectivity index (χ1n) is 10.9. The van der Waals surface area contributed by atoms with Gasteiger partial charge in [-0.25, -0.2) is 19.5 Å². The number of phosphoric ester groups is 1. The predicted octanol–water partition coefficient (Wildman–Crippen LogP) is -0.150. The fourth-order valence-corrected chi connectivity index (χ4v) is 4.16. The minimum absolute atomic E-state index is 0.0958. The van der Waals surface area contributed by atoms with Gasteiger partial charge in [0.25, 0.3) is 0 Å². The second kappa shape index (κ2) is 10.4. The van der Waals surface area contributed by atoms with E-state index < -0.39 is 39.0 Å². The molecule has 0 saturated carbocycles. The van der Waals surface area contributed by atoms with Crippen LogP contribution in [0, 0.1) is 0 Å². The fraction of sp³-hybridized carbons (Fsp3) is 0.300. The van der Waals surface area contributed by atoms with E-state index in [4.69, 9.17) is 14.5 Å². The highest BCUT2D eigenvalue weighted by molar-refractivity contribution is 7.46. The van der Waals surface area contributed by atoms with Crippen molar-refractivity contribution in [2.24, 2.45) is 0 Å². The summed E-state index contributed by atoms with van der Waals surface area (Å²) in [6.07, 6.45) is -0.566. The van der Waals surface area contributed by atoms with E-state index in [-0.39, 0.29) is 18.1 Å². The van der Waals surface area contributed by atoms with Crippen LogP contribution in [0.15, 0.2) is 36.7 Å². The maximum Gasteiger partial charge on any atom is 0.469 e. The van der Waals surface area contributed by atoms with E-state index in [1.807, 2.05) is 36.4 Å². The highest BCUT2D eigenvalue weighted by atomic mass is 31.2. The van der Waals surface area contributed by atoms with Crippen molar-refractivity contribution >= 4 is 37.1 Å². The number of aromatic nitrogens is 8. The molecule has 1 aliphatic heterocycles. The molecule has 1 aliphatic rings. The smallest absolute Gasteiger partial charge is 0.387 e. The number of imidazole rings is 1. The Morgan fingerprint density at radius 3 is 2.70 bits per heavy atom. The summed E-state index contributed by atoms with van der Waals surface area (Å²) in [5, 5.41) is 37.9. The number of aliphatic hydroxyl groups is 2. The number of phosphoric acid groups is 1. The number of nitrogens with one attached hydrogen (secondary N) is 2. The number of aromatic amines is 1. The molecule has 17 heteroatoms. The molecule has 0 amide bonds. The van der Waals surface area contributed by atoms with E-state index in [1.54, 1.807) is 6.08 Å². The lowest BCUT2D eigenvalue weighted by molar-refractivity contribution is -0.0494. The number of anilines is 1. The molecule has 3 aromatic heterocycles. The van der Waals surface area contributed by atoms with Crippen molar-refractivity contribution < 1.29 is 33.8 Å². The average Bonchev–Trinajstić information content (AvgIpc) is 3.59. The zero-order valence-electron chi connectivity index (χ0n) is 18.9. The number of ether oxygens (including phenoxy) is 1. The summed E-state index contributed by atoms with van der Waals surface area (Å²) in [7, 11) is -4.83. The van der Waals surface area contributed by atoms with E-state index in [9.17, 15) is 14.8 Å². The Balaban J connectivity index is 1.52. The molecule has 4 atom stereocenters. The molecule has 1 saturated heterocycles. The van der Waals surface area contributed by atoms with Crippen LogP contribution < -0.4 is 5.32 Å². The van der Waals surface area contributed by atoms with Crippen LogP contribution in [0.4, 0.5) is 5.95 Å². The van der Waals surface area contributed by atoms with Crippen molar-refractivity contribution in [2.75, 3.05) is 11.9 Å². The van der Waals surface area contributed by atoms with Crippen molar-refractivity contribution in [1.29, 1.82) is 0 Å². The van der Waals surface area contributed by atoms with Crippen molar-refractivity contribution in [3.63, 3.8) is 0 Å². The zero-order chi connectivity index (χ0) is 26.0. The Hall–Kier alpha value is -3.63. The summed E-state index contributed by atoms with van der Waals surface area (Å²) in [6, 6.07) is 9.56.